The van der Waals surface area contributed by atoms with Gasteiger partial charge in [0.05, 0.1) is 6.54 Å². The second kappa shape index (κ2) is 8.22. The molecule has 0 saturated heterocycles. The van der Waals surface area contributed by atoms with E-state index in [1.807, 2.05) is 0 Å². The summed E-state index contributed by atoms with van der Waals surface area (Å²) >= 11 is 0. The van der Waals surface area contributed by atoms with Crippen molar-refractivity contribution in [2.24, 2.45) is 16.5 Å². The van der Waals surface area contributed by atoms with Crippen LogP contribution in [-0.4, -0.2) is 42.3 Å². The molecule has 0 radical (unpaired) electrons. The molecule has 0 aliphatic heterocycles. The second-order valence-electron chi connectivity index (χ2n) is 2.90. The number of hydrogen-bond acceptors (Lipinski definition) is 2. The molecule has 5 N–H and O–H groups in total. The summed E-state index contributed by atoms with van der Waals surface area (Å²) in [5.41, 5.74) is 10.3. The van der Waals surface area contributed by atoms with Crippen LogP contribution in [0.3, 0.4) is 0 Å². The predicted molar refractivity (Wildman–Crippen MR) is 65.3 cm³/mol. The number of aliphatic imine (C=N–C) groups is 1. The van der Waals surface area contributed by atoms with Crippen LogP contribution >= 0.6 is 0 Å². The van der Waals surface area contributed by atoms with E-state index in [1.165, 1.54) is 6.20 Å². The molecule has 0 rings (SSSR count). The van der Waals surface area contributed by atoms with Gasteiger partial charge in [0.25, 0.3) is 5.91 Å². The largest absolute Gasteiger partial charge is 0.370 e. The number of carbonyl (C=O) groups excluding carboxylic acids is 1. The van der Waals surface area contributed by atoms with Gasteiger partial charge in [-0.25, -0.2) is 0 Å². The van der Waals surface area contributed by atoms with Crippen LogP contribution in [0.25, 0.3) is 0 Å². The Hall–Kier alpha value is -2.11. The van der Waals surface area contributed by atoms with Crippen LogP contribution in [-0.2, 0) is 4.79 Å². The van der Waals surface area contributed by atoms with Gasteiger partial charge in [-0.2, -0.15) is 4.58 Å². The van der Waals surface area contributed by atoms with Crippen LogP contribution in [0.1, 0.15) is 0 Å². The summed E-state index contributed by atoms with van der Waals surface area (Å²) in [4.78, 5) is 15.1. The quantitative estimate of drug-likeness (QED) is 0.219. The first-order valence-corrected chi connectivity index (χ1v) is 4.76. The molecule has 0 aliphatic rings. The smallest absolute Gasteiger partial charge is 0.286 e. The van der Waals surface area contributed by atoms with Gasteiger partial charge in [0.15, 0.2) is 18.4 Å². The number of guanidine groups is 1. The third-order valence-electron chi connectivity index (χ3n) is 1.59. The van der Waals surface area contributed by atoms with Crippen LogP contribution in [0.5, 0.6) is 0 Å². The average molecular weight is 224 g/mol. The molecule has 88 valence electrons. The third-order valence-corrected chi connectivity index (χ3v) is 1.59. The van der Waals surface area contributed by atoms with Crippen molar-refractivity contribution >= 4 is 18.1 Å². The summed E-state index contributed by atoms with van der Waals surface area (Å²) in [5.74, 6) is -0.120. The molecule has 0 bridgehead atoms. The van der Waals surface area contributed by atoms with E-state index in [4.69, 9.17) is 11.5 Å². The number of allylic oxidation sites excluding steroid dienone is 1. The molecule has 6 nitrogen and oxygen atoms in total. The Kier molecular flexibility index (Phi) is 7.14. The Morgan fingerprint density at radius 3 is 2.62 bits per heavy atom. The molecule has 0 saturated carbocycles. The van der Waals surface area contributed by atoms with Gasteiger partial charge in [0.1, 0.15) is 0 Å². The molecule has 0 heterocycles. The molecule has 0 aromatic carbocycles. The maximum atomic E-state index is 11.4. The van der Waals surface area contributed by atoms with E-state index in [0.29, 0.717) is 13.1 Å². The average Bonchev–Trinajstić information content (AvgIpc) is 2.23. The van der Waals surface area contributed by atoms with E-state index in [-0.39, 0.29) is 18.4 Å². The van der Waals surface area contributed by atoms with Crippen LogP contribution in [0, 0.1) is 0 Å². The molecule has 0 spiro atoms. The summed E-state index contributed by atoms with van der Waals surface area (Å²) in [6, 6.07) is 0. The lowest BCUT2D eigenvalue weighted by Crippen LogP contribution is -2.33. The molecule has 0 aliphatic carbocycles. The van der Waals surface area contributed by atoms with Gasteiger partial charge in [-0.3, -0.25) is 9.79 Å². The first kappa shape index (κ1) is 13.9. The summed E-state index contributed by atoms with van der Waals surface area (Å²) in [6.07, 6.45) is 4.77. The second-order valence-corrected chi connectivity index (χ2v) is 2.90. The lowest BCUT2D eigenvalue weighted by Gasteiger charge is -2.00. The Morgan fingerprint density at radius 1 is 1.44 bits per heavy atom. The van der Waals surface area contributed by atoms with E-state index in [2.05, 4.69) is 23.5 Å². The summed E-state index contributed by atoms with van der Waals surface area (Å²) in [6.45, 7) is 8.05. The number of amides is 1. The normalized spacial score (nSPS) is 10.4. The van der Waals surface area contributed by atoms with Gasteiger partial charge in [-0.15, -0.1) is 0 Å². The first-order chi connectivity index (χ1) is 7.60. The maximum Gasteiger partial charge on any atom is 0.286 e. The van der Waals surface area contributed by atoms with E-state index >= 15 is 0 Å². The van der Waals surface area contributed by atoms with Crippen molar-refractivity contribution in [2.75, 3.05) is 19.6 Å². The number of nitrogens with zero attached hydrogens (tertiary/aromatic N) is 2. The van der Waals surface area contributed by atoms with Crippen LogP contribution in [0.4, 0.5) is 0 Å². The number of nitrogens with one attached hydrogen (secondary N) is 1. The molecule has 1 amide bonds. The van der Waals surface area contributed by atoms with Gasteiger partial charge in [0.2, 0.25) is 6.54 Å². The maximum absolute atomic E-state index is 11.4. The first-order valence-electron chi connectivity index (χ1n) is 4.76. The minimum absolute atomic E-state index is 0.0157. The summed E-state index contributed by atoms with van der Waals surface area (Å²) < 4.78 is 1.61. The molecular formula is C10H18N5O+. The van der Waals surface area contributed by atoms with Crippen molar-refractivity contribution in [2.45, 2.75) is 0 Å². The monoisotopic (exact) mass is 224 g/mol. The Morgan fingerprint density at radius 2 is 2.12 bits per heavy atom. The highest BCUT2D eigenvalue weighted by molar-refractivity contribution is 5.78. The number of rotatable bonds is 7. The minimum Gasteiger partial charge on any atom is -0.370 e. The number of hydrogen-bond donors (Lipinski definition) is 3. The standard InChI is InChI=1S/C10H17N5O/c1-3-7-15(4-2)8-9(16)13-5-6-14-10(11)12/h3-4,7H,1-2,5-6,8H2,(H4-,11,12,13,14,16)/p+1. The van der Waals surface area contributed by atoms with Gasteiger partial charge in [0, 0.05) is 6.54 Å². The molecule has 0 aromatic heterocycles. The molecule has 0 aromatic rings. The fourth-order valence-corrected chi connectivity index (χ4v) is 0.916. The highest BCUT2D eigenvalue weighted by Crippen LogP contribution is 1.77. The highest BCUT2D eigenvalue weighted by Gasteiger charge is 2.06. The fourth-order valence-electron chi connectivity index (χ4n) is 0.916. The van der Waals surface area contributed by atoms with Crippen LogP contribution in [0.15, 0.2) is 30.4 Å². The number of nitrogens with two attached hydrogens (primary N) is 2. The molecule has 0 fully saturated rings. The molecule has 0 atom stereocenters. The Balaban J connectivity index is 3.90. The van der Waals surface area contributed by atoms with Gasteiger partial charge >= 0.3 is 0 Å². The summed E-state index contributed by atoms with van der Waals surface area (Å²) in [5, 5.41) is 2.66. The van der Waals surface area contributed by atoms with Crippen molar-refractivity contribution in [3.05, 3.63) is 25.4 Å². The zero-order valence-corrected chi connectivity index (χ0v) is 9.22. The minimum atomic E-state index is -0.135. The van der Waals surface area contributed by atoms with E-state index in [0.717, 1.165) is 0 Å². The van der Waals surface area contributed by atoms with Crippen molar-refractivity contribution in [1.82, 2.24) is 5.32 Å². The van der Waals surface area contributed by atoms with Crippen molar-refractivity contribution in [1.29, 1.82) is 0 Å². The van der Waals surface area contributed by atoms with Gasteiger partial charge in [-0.05, 0) is 12.7 Å². The fraction of sp³-hybridized carbons (Fsp3) is 0.300. The van der Waals surface area contributed by atoms with Crippen molar-refractivity contribution in [3.63, 3.8) is 0 Å². The Labute approximate surface area is 95.0 Å². The lowest BCUT2D eigenvalue weighted by molar-refractivity contribution is -0.438. The van der Waals surface area contributed by atoms with Crippen LogP contribution < -0.4 is 16.8 Å². The highest BCUT2D eigenvalue weighted by atomic mass is 16.1. The SMILES string of the molecule is C=CC=[N+](C=C)CC(=O)NCCN=C(N)N. The van der Waals surface area contributed by atoms with E-state index < -0.39 is 0 Å². The molecular weight excluding hydrogens is 206 g/mol. The van der Waals surface area contributed by atoms with E-state index in [9.17, 15) is 4.79 Å². The molecule has 0 unspecified atom stereocenters. The summed E-state index contributed by atoms with van der Waals surface area (Å²) in [7, 11) is 0. The van der Waals surface area contributed by atoms with Gasteiger partial charge < -0.3 is 16.8 Å². The number of carbonyl (C=O) groups is 1. The van der Waals surface area contributed by atoms with Crippen LogP contribution in [0.2, 0.25) is 0 Å². The topological polar surface area (TPSA) is 96.5 Å². The van der Waals surface area contributed by atoms with Crippen molar-refractivity contribution < 1.29 is 9.37 Å². The zero-order valence-electron chi connectivity index (χ0n) is 9.22. The molecule has 6 heteroatoms. The van der Waals surface area contributed by atoms with Gasteiger partial charge in [-0.1, -0.05) is 6.58 Å². The predicted octanol–water partition coefficient (Wildman–Crippen LogP) is -1.21. The lowest BCUT2D eigenvalue weighted by atomic mass is 10.5. The Bertz CT molecular complexity index is 315. The van der Waals surface area contributed by atoms with E-state index in [1.54, 1.807) is 16.9 Å². The molecule has 16 heavy (non-hydrogen) atoms. The van der Waals surface area contributed by atoms with Crippen molar-refractivity contribution in [3.8, 4) is 0 Å². The zero-order chi connectivity index (χ0) is 12.4. The third kappa shape index (κ3) is 7.31.